The number of ether oxygens (including phenoxy) is 1. The summed E-state index contributed by atoms with van der Waals surface area (Å²) >= 11 is 0. The van der Waals surface area contributed by atoms with Gasteiger partial charge in [0.2, 0.25) is 0 Å². The molecule has 2 rings (SSSR count). The third-order valence-electron chi connectivity index (χ3n) is 2.50. The van der Waals surface area contributed by atoms with Crippen molar-refractivity contribution in [2.24, 2.45) is 0 Å². The maximum atomic E-state index is 11.0. The van der Waals surface area contributed by atoms with Gasteiger partial charge in [-0.05, 0) is 23.8 Å². The SMILES string of the molecule is O=C1C=CC[C@H](/C=C/c2ccc([N+](=O)[O-])cc2)O1. The van der Waals surface area contributed by atoms with Gasteiger partial charge in [0.1, 0.15) is 6.10 Å². The molecule has 0 bridgehead atoms. The van der Waals surface area contributed by atoms with Crippen LogP contribution in [0.5, 0.6) is 0 Å². The van der Waals surface area contributed by atoms with Crippen LogP contribution < -0.4 is 0 Å². The van der Waals surface area contributed by atoms with Gasteiger partial charge in [0.15, 0.2) is 0 Å². The number of nitro benzene ring substituents is 1. The van der Waals surface area contributed by atoms with E-state index in [-0.39, 0.29) is 17.8 Å². The molecule has 1 aromatic rings. The summed E-state index contributed by atoms with van der Waals surface area (Å²) in [5, 5.41) is 10.5. The smallest absolute Gasteiger partial charge is 0.331 e. The Morgan fingerprint density at radius 2 is 2.06 bits per heavy atom. The second-order valence-electron chi connectivity index (χ2n) is 3.82. The molecule has 0 amide bonds. The standard InChI is InChI=1S/C13H11NO4/c15-13-3-1-2-12(18-13)9-6-10-4-7-11(8-5-10)14(16)17/h1,3-9,12H,2H2/b9-6+/t12-/m1/s1. The molecular formula is C13H11NO4. The summed E-state index contributed by atoms with van der Waals surface area (Å²) < 4.78 is 5.05. The van der Waals surface area contributed by atoms with Crippen LogP contribution in [0, 0.1) is 10.1 Å². The molecular weight excluding hydrogens is 234 g/mol. The summed E-state index contributed by atoms with van der Waals surface area (Å²) in [6, 6.07) is 6.17. The molecule has 5 nitrogen and oxygen atoms in total. The molecule has 1 heterocycles. The molecule has 1 aliphatic rings. The van der Waals surface area contributed by atoms with Crippen LogP contribution in [-0.4, -0.2) is 17.0 Å². The van der Waals surface area contributed by atoms with Gasteiger partial charge in [-0.2, -0.15) is 0 Å². The monoisotopic (exact) mass is 245 g/mol. The van der Waals surface area contributed by atoms with Crippen molar-refractivity contribution in [3.8, 4) is 0 Å². The summed E-state index contributed by atoms with van der Waals surface area (Å²) in [4.78, 5) is 21.0. The van der Waals surface area contributed by atoms with Crippen molar-refractivity contribution in [2.75, 3.05) is 0 Å². The van der Waals surface area contributed by atoms with E-state index in [1.54, 1.807) is 30.4 Å². The molecule has 92 valence electrons. The largest absolute Gasteiger partial charge is 0.455 e. The fourth-order valence-corrected chi connectivity index (χ4v) is 1.58. The number of esters is 1. The number of benzene rings is 1. The van der Waals surface area contributed by atoms with E-state index in [4.69, 9.17) is 4.74 Å². The molecule has 5 heteroatoms. The lowest BCUT2D eigenvalue weighted by Gasteiger charge is -2.14. The molecule has 0 N–H and O–H groups in total. The van der Waals surface area contributed by atoms with Gasteiger partial charge < -0.3 is 4.74 Å². The van der Waals surface area contributed by atoms with Crippen molar-refractivity contribution in [2.45, 2.75) is 12.5 Å². The van der Waals surface area contributed by atoms with Gasteiger partial charge in [-0.15, -0.1) is 0 Å². The van der Waals surface area contributed by atoms with Crippen LogP contribution in [0.1, 0.15) is 12.0 Å². The minimum Gasteiger partial charge on any atom is -0.455 e. The number of nitrogens with zero attached hydrogens (tertiary/aromatic N) is 1. The Labute approximate surface area is 104 Å². The Morgan fingerprint density at radius 3 is 2.67 bits per heavy atom. The van der Waals surface area contributed by atoms with E-state index in [0.717, 1.165) is 5.56 Å². The normalized spacial score (nSPS) is 18.9. The summed E-state index contributed by atoms with van der Waals surface area (Å²) in [5.74, 6) is -0.348. The number of hydrogen-bond donors (Lipinski definition) is 0. The predicted octanol–water partition coefficient (Wildman–Crippen LogP) is 2.48. The fraction of sp³-hybridized carbons (Fsp3) is 0.154. The van der Waals surface area contributed by atoms with Crippen LogP contribution in [0.2, 0.25) is 0 Å². The van der Waals surface area contributed by atoms with Crippen LogP contribution in [0.3, 0.4) is 0 Å². The van der Waals surface area contributed by atoms with Gasteiger partial charge in [0.25, 0.3) is 5.69 Å². The number of carbonyl (C=O) groups is 1. The van der Waals surface area contributed by atoms with Crippen molar-refractivity contribution in [3.63, 3.8) is 0 Å². The Morgan fingerprint density at radius 1 is 1.33 bits per heavy atom. The molecule has 0 aliphatic carbocycles. The molecule has 18 heavy (non-hydrogen) atoms. The average Bonchev–Trinajstić information content (AvgIpc) is 2.37. The van der Waals surface area contributed by atoms with Crippen molar-refractivity contribution in [1.29, 1.82) is 0 Å². The Bertz CT molecular complexity index is 516. The number of hydrogen-bond acceptors (Lipinski definition) is 4. The predicted molar refractivity (Wildman–Crippen MR) is 65.8 cm³/mol. The summed E-state index contributed by atoms with van der Waals surface area (Å²) in [5.41, 5.74) is 0.880. The quantitative estimate of drug-likeness (QED) is 0.466. The second kappa shape index (κ2) is 5.27. The first kappa shape index (κ1) is 12.0. The van der Waals surface area contributed by atoms with Crippen molar-refractivity contribution >= 4 is 17.7 Å². The fourth-order valence-electron chi connectivity index (χ4n) is 1.58. The molecule has 1 aliphatic heterocycles. The molecule has 1 aromatic carbocycles. The van der Waals surface area contributed by atoms with E-state index >= 15 is 0 Å². The van der Waals surface area contributed by atoms with Crippen LogP contribution in [0.4, 0.5) is 5.69 Å². The lowest BCUT2D eigenvalue weighted by Crippen LogP contribution is -2.17. The van der Waals surface area contributed by atoms with E-state index in [9.17, 15) is 14.9 Å². The van der Waals surface area contributed by atoms with Gasteiger partial charge in [0.05, 0.1) is 4.92 Å². The number of cyclic esters (lactones) is 1. The van der Waals surface area contributed by atoms with Crippen molar-refractivity contribution in [3.05, 3.63) is 58.2 Å². The Balaban J connectivity index is 2.03. The van der Waals surface area contributed by atoms with Crippen LogP contribution in [0.25, 0.3) is 6.08 Å². The summed E-state index contributed by atoms with van der Waals surface area (Å²) in [6.45, 7) is 0. The lowest BCUT2D eigenvalue weighted by atomic mass is 10.1. The Hall–Kier alpha value is -2.43. The van der Waals surface area contributed by atoms with Crippen LogP contribution in [-0.2, 0) is 9.53 Å². The molecule has 0 spiro atoms. The molecule has 0 aromatic heterocycles. The topological polar surface area (TPSA) is 69.4 Å². The molecule has 0 fully saturated rings. The minimum absolute atomic E-state index is 0.0548. The maximum absolute atomic E-state index is 11.0. The molecule has 1 atom stereocenters. The number of rotatable bonds is 3. The molecule has 0 radical (unpaired) electrons. The van der Waals surface area contributed by atoms with Gasteiger partial charge in [0, 0.05) is 24.6 Å². The zero-order valence-electron chi connectivity index (χ0n) is 9.48. The van der Waals surface area contributed by atoms with Gasteiger partial charge >= 0.3 is 5.97 Å². The summed E-state index contributed by atoms with van der Waals surface area (Å²) in [7, 11) is 0. The van der Waals surface area contributed by atoms with Crippen LogP contribution >= 0.6 is 0 Å². The first-order valence-electron chi connectivity index (χ1n) is 5.45. The van der Waals surface area contributed by atoms with E-state index in [1.165, 1.54) is 18.2 Å². The van der Waals surface area contributed by atoms with Crippen LogP contribution in [0.15, 0.2) is 42.5 Å². The number of non-ortho nitro benzene ring substituents is 1. The zero-order chi connectivity index (χ0) is 13.0. The first-order chi connectivity index (χ1) is 8.65. The van der Waals surface area contributed by atoms with Crippen molar-refractivity contribution in [1.82, 2.24) is 0 Å². The van der Waals surface area contributed by atoms with Gasteiger partial charge in [-0.25, -0.2) is 4.79 Å². The second-order valence-corrected chi connectivity index (χ2v) is 3.82. The number of carbonyl (C=O) groups excluding carboxylic acids is 1. The Kier molecular flexibility index (Phi) is 3.52. The zero-order valence-corrected chi connectivity index (χ0v) is 9.48. The average molecular weight is 245 g/mol. The highest BCUT2D eigenvalue weighted by Crippen LogP contribution is 2.15. The van der Waals surface area contributed by atoms with E-state index < -0.39 is 4.92 Å². The number of nitro groups is 1. The highest BCUT2D eigenvalue weighted by atomic mass is 16.6. The highest BCUT2D eigenvalue weighted by molar-refractivity contribution is 5.83. The first-order valence-corrected chi connectivity index (χ1v) is 5.45. The third-order valence-corrected chi connectivity index (χ3v) is 2.50. The molecule has 0 saturated heterocycles. The van der Waals surface area contributed by atoms with Crippen molar-refractivity contribution < 1.29 is 14.5 Å². The molecule has 0 unspecified atom stereocenters. The van der Waals surface area contributed by atoms with E-state index in [0.29, 0.717) is 6.42 Å². The minimum atomic E-state index is -0.443. The van der Waals surface area contributed by atoms with E-state index in [1.807, 2.05) is 0 Å². The molecule has 0 saturated carbocycles. The maximum Gasteiger partial charge on any atom is 0.331 e. The van der Waals surface area contributed by atoms with Gasteiger partial charge in [-0.3, -0.25) is 10.1 Å². The third kappa shape index (κ3) is 3.04. The lowest BCUT2D eigenvalue weighted by molar-refractivity contribution is -0.384. The van der Waals surface area contributed by atoms with Gasteiger partial charge in [-0.1, -0.05) is 12.2 Å². The van der Waals surface area contributed by atoms with E-state index in [2.05, 4.69) is 0 Å². The highest BCUT2D eigenvalue weighted by Gasteiger charge is 2.12. The summed E-state index contributed by atoms with van der Waals surface area (Å²) in [6.07, 6.45) is 7.09.